The summed E-state index contributed by atoms with van der Waals surface area (Å²) in [6.45, 7) is 5.79. The summed E-state index contributed by atoms with van der Waals surface area (Å²) in [6, 6.07) is 9.39. The minimum absolute atomic E-state index is 0.493. The predicted octanol–water partition coefficient (Wildman–Crippen LogP) is 7.10. The van der Waals surface area contributed by atoms with Gasteiger partial charge in [-0.15, -0.1) is 0 Å². The number of aryl methyl sites for hydroxylation is 4. The van der Waals surface area contributed by atoms with E-state index in [0.29, 0.717) is 22.6 Å². The summed E-state index contributed by atoms with van der Waals surface area (Å²) in [5.74, 6) is 0.671. The second-order valence-electron chi connectivity index (χ2n) is 8.83. The van der Waals surface area contributed by atoms with Crippen LogP contribution in [0, 0.1) is 13.8 Å². The number of nitrogens with two attached hydrogens (primary N) is 1. The van der Waals surface area contributed by atoms with E-state index >= 15 is 0 Å². The van der Waals surface area contributed by atoms with Crippen LogP contribution in [-0.4, -0.2) is 11.2 Å². The minimum Gasteiger partial charge on any atom is -0.397 e. The molecule has 0 amide bonds. The lowest BCUT2D eigenvalue weighted by atomic mass is 9.90. The zero-order valence-corrected chi connectivity index (χ0v) is 19.6. The van der Waals surface area contributed by atoms with Gasteiger partial charge in [-0.05, 0) is 73.1 Å². The van der Waals surface area contributed by atoms with Crippen LogP contribution in [0.15, 0.2) is 47.6 Å². The summed E-state index contributed by atoms with van der Waals surface area (Å²) in [5.41, 5.74) is 12.4. The van der Waals surface area contributed by atoms with Crippen LogP contribution >= 0.6 is 0 Å². The Hall–Kier alpha value is -3.35. The van der Waals surface area contributed by atoms with Crippen molar-refractivity contribution in [1.82, 2.24) is 4.98 Å². The van der Waals surface area contributed by atoms with Crippen molar-refractivity contribution in [1.29, 1.82) is 0 Å². The van der Waals surface area contributed by atoms with Crippen molar-refractivity contribution in [3.63, 3.8) is 0 Å². The van der Waals surface area contributed by atoms with E-state index in [2.05, 4.69) is 28.3 Å². The Kier molecular flexibility index (Phi) is 6.64. The van der Waals surface area contributed by atoms with Crippen molar-refractivity contribution in [2.45, 2.75) is 58.7 Å². The van der Waals surface area contributed by atoms with Crippen LogP contribution in [0.2, 0.25) is 0 Å². The highest BCUT2D eigenvalue weighted by atomic mass is 19.4. The molecule has 1 atom stereocenters. The molecule has 0 aliphatic carbocycles. The van der Waals surface area contributed by atoms with Crippen molar-refractivity contribution < 1.29 is 13.2 Å². The first kappa shape index (κ1) is 23.8. The zero-order chi connectivity index (χ0) is 24.5. The van der Waals surface area contributed by atoms with Crippen molar-refractivity contribution in [2.75, 3.05) is 11.1 Å². The Labute approximate surface area is 198 Å². The van der Waals surface area contributed by atoms with Crippen LogP contribution < -0.4 is 11.1 Å². The molecule has 2 aromatic carbocycles. The van der Waals surface area contributed by atoms with Crippen LogP contribution in [0.4, 0.5) is 30.4 Å². The molecule has 178 valence electrons. The Balaban J connectivity index is 1.82. The van der Waals surface area contributed by atoms with Gasteiger partial charge in [0.2, 0.25) is 0 Å². The summed E-state index contributed by atoms with van der Waals surface area (Å²) in [4.78, 5) is 9.14. The maximum Gasteiger partial charge on any atom is 0.416 e. The lowest BCUT2D eigenvalue weighted by molar-refractivity contribution is -0.137. The molecule has 0 saturated carbocycles. The van der Waals surface area contributed by atoms with Gasteiger partial charge in [-0.1, -0.05) is 37.6 Å². The highest BCUT2D eigenvalue weighted by Gasteiger charge is 2.32. The van der Waals surface area contributed by atoms with Crippen molar-refractivity contribution in [3.05, 3.63) is 81.5 Å². The number of pyridine rings is 1. The highest BCUT2D eigenvalue weighted by Crippen LogP contribution is 2.41. The second kappa shape index (κ2) is 9.49. The fourth-order valence-corrected chi connectivity index (χ4v) is 4.50. The molecule has 3 N–H and O–H groups in total. The van der Waals surface area contributed by atoms with Crippen LogP contribution in [0.25, 0.3) is 0 Å². The molecule has 7 heteroatoms. The number of nitrogen functional groups attached to an aromatic ring is 1. The standard InChI is InChI=1S/C27H29F3N4/c1-4-6-18-13-17(3)26(33-15-18)34-25(21-11-9-20(14-16(21)2)27(28,29)30)22-10-8-19-7-5-12-32-24(19)23(22)31/h8-15,25H,4-7,31H2,1-3H3,(H,33,34). The number of hydrogen-bond acceptors (Lipinski definition) is 4. The minimum atomic E-state index is -4.40. The summed E-state index contributed by atoms with van der Waals surface area (Å²) in [5, 5.41) is 3.47. The number of anilines is 2. The Morgan fingerprint density at radius 2 is 1.82 bits per heavy atom. The number of aliphatic imine (C=N–C) groups is 1. The van der Waals surface area contributed by atoms with Gasteiger partial charge in [0.25, 0.3) is 0 Å². The third-order valence-corrected chi connectivity index (χ3v) is 6.27. The lowest BCUT2D eigenvalue weighted by Gasteiger charge is -2.26. The third-order valence-electron chi connectivity index (χ3n) is 6.27. The van der Waals surface area contributed by atoms with E-state index in [-0.39, 0.29) is 0 Å². The maximum atomic E-state index is 13.3. The van der Waals surface area contributed by atoms with Gasteiger partial charge in [0.1, 0.15) is 5.82 Å². The SMILES string of the molecule is CCCc1cnc(NC(c2ccc(C(F)(F)F)cc2C)c2ccc3c(c2N)N=CCC3)c(C)c1. The third kappa shape index (κ3) is 4.79. The predicted molar refractivity (Wildman–Crippen MR) is 132 cm³/mol. The second-order valence-corrected chi connectivity index (χ2v) is 8.83. The first-order chi connectivity index (χ1) is 16.2. The van der Waals surface area contributed by atoms with Gasteiger partial charge in [-0.25, -0.2) is 4.98 Å². The van der Waals surface area contributed by atoms with Crippen molar-refractivity contribution >= 4 is 23.4 Å². The van der Waals surface area contributed by atoms with Gasteiger partial charge in [0.15, 0.2) is 0 Å². The number of alkyl halides is 3. The first-order valence-corrected chi connectivity index (χ1v) is 11.5. The number of fused-ring (bicyclic) bond motifs is 1. The molecule has 2 heterocycles. The number of benzene rings is 2. The quantitative estimate of drug-likeness (QED) is 0.381. The van der Waals surface area contributed by atoms with Gasteiger partial charge < -0.3 is 11.1 Å². The number of rotatable bonds is 6. The molecule has 1 aromatic heterocycles. The topological polar surface area (TPSA) is 63.3 Å². The summed E-state index contributed by atoms with van der Waals surface area (Å²) in [6.07, 6.45) is 2.97. The normalized spacial score (nSPS) is 14.1. The van der Waals surface area contributed by atoms with E-state index in [0.717, 1.165) is 59.7 Å². The number of halogens is 3. The molecule has 0 radical (unpaired) electrons. The molecule has 1 unspecified atom stereocenters. The Bertz CT molecular complexity index is 1230. The fraction of sp³-hybridized carbons (Fsp3) is 0.333. The van der Waals surface area contributed by atoms with Crippen LogP contribution in [-0.2, 0) is 19.0 Å². The monoisotopic (exact) mass is 466 g/mol. The molecule has 0 saturated heterocycles. The molecule has 3 aromatic rings. The van der Waals surface area contributed by atoms with Gasteiger partial charge >= 0.3 is 6.18 Å². The van der Waals surface area contributed by atoms with Gasteiger partial charge in [-0.3, -0.25) is 4.99 Å². The van der Waals surface area contributed by atoms with E-state index in [4.69, 9.17) is 5.73 Å². The van der Waals surface area contributed by atoms with Crippen LogP contribution in [0.5, 0.6) is 0 Å². The molecule has 4 rings (SSSR count). The fourth-order valence-electron chi connectivity index (χ4n) is 4.50. The Morgan fingerprint density at radius 3 is 2.50 bits per heavy atom. The summed E-state index contributed by atoms with van der Waals surface area (Å²) >= 11 is 0. The van der Waals surface area contributed by atoms with E-state index in [1.165, 1.54) is 12.1 Å². The van der Waals surface area contributed by atoms with E-state index in [9.17, 15) is 13.2 Å². The maximum absolute atomic E-state index is 13.3. The number of nitrogens with one attached hydrogen (secondary N) is 1. The molecule has 0 fully saturated rings. The summed E-state index contributed by atoms with van der Waals surface area (Å²) < 4.78 is 39.9. The molecule has 4 nitrogen and oxygen atoms in total. The van der Waals surface area contributed by atoms with Crippen LogP contribution in [0.3, 0.4) is 0 Å². The molecular weight excluding hydrogens is 437 g/mol. The van der Waals surface area contributed by atoms with E-state index in [1.807, 2.05) is 31.5 Å². The van der Waals surface area contributed by atoms with E-state index < -0.39 is 17.8 Å². The molecule has 34 heavy (non-hydrogen) atoms. The molecule has 0 spiro atoms. The lowest BCUT2D eigenvalue weighted by Crippen LogP contribution is -2.18. The average Bonchev–Trinajstić information content (AvgIpc) is 2.79. The smallest absolute Gasteiger partial charge is 0.397 e. The molecular formula is C27H29F3N4. The average molecular weight is 467 g/mol. The number of nitrogens with zero attached hydrogens (tertiary/aromatic N) is 2. The highest BCUT2D eigenvalue weighted by molar-refractivity contribution is 5.80. The van der Waals surface area contributed by atoms with Crippen LogP contribution in [0.1, 0.15) is 64.8 Å². The van der Waals surface area contributed by atoms with Gasteiger partial charge in [0, 0.05) is 18.0 Å². The molecule has 1 aliphatic rings. The zero-order valence-electron chi connectivity index (χ0n) is 19.6. The number of hydrogen-bond donors (Lipinski definition) is 2. The van der Waals surface area contributed by atoms with Gasteiger partial charge in [-0.2, -0.15) is 13.2 Å². The van der Waals surface area contributed by atoms with Gasteiger partial charge in [0.05, 0.1) is 23.0 Å². The number of aromatic nitrogens is 1. The largest absolute Gasteiger partial charge is 0.416 e. The molecule has 0 bridgehead atoms. The molecule has 1 aliphatic heterocycles. The van der Waals surface area contributed by atoms with Crippen molar-refractivity contribution in [3.8, 4) is 0 Å². The first-order valence-electron chi connectivity index (χ1n) is 11.5. The Morgan fingerprint density at radius 1 is 1.06 bits per heavy atom. The van der Waals surface area contributed by atoms with E-state index in [1.54, 1.807) is 6.92 Å². The summed E-state index contributed by atoms with van der Waals surface area (Å²) in [7, 11) is 0. The van der Waals surface area contributed by atoms with Crippen molar-refractivity contribution in [2.24, 2.45) is 4.99 Å².